The second kappa shape index (κ2) is 5.68. The van der Waals surface area contributed by atoms with Crippen LogP contribution in [0.3, 0.4) is 0 Å². The standard InChI is InChI=1S/C12H20N4/c1-2-3-4-5-6-12-9-16(11-14-12)15-8-7-13-10-15/h6,10-11H,2-5,7-9H2,1H3. The van der Waals surface area contributed by atoms with Gasteiger partial charge in [0.15, 0.2) is 0 Å². The van der Waals surface area contributed by atoms with Gasteiger partial charge in [0.1, 0.15) is 12.7 Å². The fourth-order valence-corrected chi connectivity index (χ4v) is 1.89. The van der Waals surface area contributed by atoms with Crippen molar-refractivity contribution in [2.75, 3.05) is 19.6 Å². The van der Waals surface area contributed by atoms with Crippen LogP contribution in [0.1, 0.15) is 32.6 Å². The van der Waals surface area contributed by atoms with Crippen LogP contribution in [0.2, 0.25) is 0 Å². The molecule has 2 heterocycles. The number of hydrogen-bond acceptors (Lipinski definition) is 4. The highest BCUT2D eigenvalue weighted by Crippen LogP contribution is 2.13. The number of rotatable bonds is 5. The quantitative estimate of drug-likeness (QED) is 0.664. The molecule has 4 heteroatoms. The lowest BCUT2D eigenvalue weighted by Gasteiger charge is -2.24. The number of hydrazine groups is 1. The van der Waals surface area contributed by atoms with Gasteiger partial charge in [0.05, 0.1) is 25.3 Å². The lowest BCUT2D eigenvalue weighted by atomic mass is 10.2. The minimum absolute atomic E-state index is 0.901. The van der Waals surface area contributed by atoms with Gasteiger partial charge in [-0.15, -0.1) is 0 Å². The van der Waals surface area contributed by atoms with E-state index in [1.54, 1.807) is 0 Å². The van der Waals surface area contributed by atoms with Gasteiger partial charge in [-0.1, -0.05) is 25.8 Å². The van der Waals surface area contributed by atoms with Crippen LogP contribution in [0, 0.1) is 0 Å². The van der Waals surface area contributed by atoms with E-state index in [0.717, 1.165) is 26.1 Å². The van der Waals surface area contributed by atoms with Crippen molar-refractivity contribution >= 4 is 12.7 Å². The van der Waals surface area contributed by atoms with E-state index in [1.807, 2.05) is 12.7 Å². The van der Waals surface area contributed by atoms with Crippen LogP contribution < -0.4 is 0 Å². The molecular formula is C12H20N4. The molecule has 0 spiro atoms. The molecule has 2 rings (SSSR count). The molecule has 0 aliphatic carbocycles. The lowest BCUT2D eigenvalue weighted by Crippen LogP contribution is -2.38. The Morgan fingerprint density at radius 1 is 1.31 bits per heavy atom. The molecule has 0 fully saturated rings. The molecule has 0 unspecified atom stereocenters. The highest BCUT2D eigenvalue weighted by molar-refractivity contribution is 5.66. The Hall–Kier alpha value is -1.32. The van der Waals surface area contributed by atoms with E-state index < -0.39 is 0 Å². The molecule has 0 aromatic rings. The van der Waals surface area contributed by atoms with E-state index in [0.29, 0.717) is 0 Å². The number of nitrogens with zero attached hydrogens (tertiary/aromatic N) is 4. The van der Waals surface area contributed by atoms with Gasteiger partial charge in [0.25, 0.3) is 0 Å². The summed E-state index contributed by atoms with van der Waals surface area (Å²) < 4.78 is 0. The summed E-state index contributed by atoms with van der Waals surface area (Å²) in [6, 6.07) is 0. The van der Waals surface area contributed by atoms with Gasteiger partial charge in [0, 0.05) is 0 Å². The largest absolute Gasteiger partial charge is 0.272 e. The van der Waals surface area contributed by atoms with E-state index >= 15 is 0 Å². The number of hydrogen-bond donors (Lipinski definition) is 0. The van der Waals surface area contributed by atoms with Crippen LogP contribution in [0.25, 0.3) is 0 Å². The molecule has 0 aromatic heterocycles. The Bertz CT molecular complexity index is 306. The first-order chi connectivity index (χ1) is 7.90. The van der Waals surface area contributed by atoms with Gasteiger partial charge >= 0.3 is 0 Å². The summed E-state index contributed by atoms with van der Waals surface area (Å²) in [4.78, 5) is 8.62. The molecule has 0 atom stereocenters. The summed E-state index contributed by atoms with van der Waals surface area (Å²) in [6.07, 6.45) is 11.1. The average Bonchev–Trinajstić information content (AvgIpc) is 2.94. The number of aliphatic imine (C=N–C) groups is 2. The van der Waals surface area contributed by atoms with Crippen molar-refractivity contribution in [3.63, 3.8) is 0 Å². The Balaban J connectivity index is 1.75. The SMILES string of the molecule is CCCCCC=C1CN(N2C=NCC2)C=N1. The molecule has 2 aliphatic heterocycles. The van der Waals surface area contributed by atoms with E-state index in [9.17, 15) is 0 Å². The molecule has 0 saturated heterocycles. The Labute approximate surface area is 97.3 Å². The average molecular weight is 220 g/mol. The van der Waals surface area contributed by atoms with Gasteiger partial charge in [-0.3, -0.25) is 15.0 Å². The molecule has 16 heavy (non-hydrogen) atoms. The van der Waals surface area contributed by atoms with Gasteiger partial charge < -0.3 is 0 Å². The van der Waals surface area contributed by atoms with E-state index in [4.69, 9.17) is 0 Å². The summed E-state index contributed by atoms with van der Waals surface area (Å²) in [6.45, 7) is 5.02. The molecule has 4 nitrogen and oxygen atoms in total. The molecule has 88 valence electrons. The summed E-state index contributed by atoms with van der Waals surface area (Å²) in [5.74, 6) is 0. The lowest BCUT2D eigenvalue weighted by molar-refractivity contribution is 0.182. The molecule has 2 aliphatic rings. The zero-order valence-electron chi connectivity index (χ0n) is 9.97. The molecular weight excluding hydrogens is 200 g/mol. The molecule has 0 bridgehead atoms. The van der Waals surface area contributed by atoms with Gasteiger partial charge in [-0.25, -0.2) is 4.99 Å². The molecule has 0 radical (unpaired) electrons. The maximum atomic E-state index is 4.42. The maximum Gasteiger partial charge on any atom is 0.110 e. The predicted octanol–water partition coefficient (Wildman–Crippen LogP) is 2.05. The molecule has 0 amide bonds. The topological polar surface area (TPSA) is 31.2 Å². The fourth-order valence-electron chi connectivity index (χ4n) is 1.89. The summed E-state index contributed by atoms with van der Waals surface area (Å²) in [5, 5.41) is 4.25. The highest BCUT2D eigenvalue weighted by Gasteiger charge is 2.17. The van der Waals surface area contributed by atoms with E-state index in [-0.39, 0.29) is 0 Å². The third-order valence-electron chi connectivity index (χ3n) is 2.87. The third-order valence-corrected chi connectivity index (χ3v) is 2.87. The van der Waals surface area contributed by atoms with Crippen LogP contribution in [0.15, 0.2) is 21.8 Å². The first-order valence-corrected chi connectivity index (χ1v) is 6.16. The third kappa shape index (κ3) is 2.84. The number of unbranched alkanes of at least 4 members (excludes halogenated alkanes) is 3. The molecule has 0 saturated carbocycles. The molecule has 0 aromatic carbocycles. The van der Waals surface area contributed by atoms with Crippen molar-refractivity contribution < 1.29 is 0 Å². The summed E-state index contributed by atoms with van der Waals surface area (Å²) in [7, 11) is 0. The van der Waals surface area contributed by atoms with Gasteiger partial charge in [-0.2, -0.15) is 0 Å². The minimum Gasteiger partial charge on any atom is -0.272 e. The second-order valence-corrected chi connectivity index (χ2v) is 4.22. The summed E-state index contributed by atoms with van der Waals surface area (Å²) >= 11 is 0. The van der Waals surface area contributed by atoms with Crippen LogP contribution in [0.5, 0.6) is 0 Å². The maximum absolute atomic E-state index is 4.42. The first-order valence-electron chi connectivity index (χ1n) is 6.16. The normalized spacial score (nSPS) is 21.7. The van der Waals surface area contributed by atoms with E-state index in [2.05, 4.69) is 33.0 Å². The van der Waals surface area contributed by atoms with Crippen molar-refractivity contribution in [1.82, 2.24) is 10.0 Å². The van der Waals surface area contributed by atoms with Crippen LogP contribution in [0.4, 0.5) is 0 Å². The second-order valence-electron chi connectivity index (χ2n) is 4.22. The number of allylic oxidation sites excluding steroid dienone is 1. The van der Waals surface area contributed by atoms with Crippen molar-refractivity contribution in [1.29, 1.82) is 0 Å². The van der Waals surface area contributed by atoms with Crippen LogP contribution >= 0.6 is 0 Å². The van der Waals surface area contributed by atoms with Crippen LogP contribution in [-0.4, -0.2) is 42.3 Å². The van der Waals surface area contributed by atoms with Gasteiger partial charge in [0.2, 0.25) is 0 Å². The minimum atomic E-state index is 0.901. The molecule has 0 N–H and O–H groups in total. The van der Waals surface area contributed by atoms with Crippen molar-refractivity contribution in [3.8, 4) is 0 Å². The fraction of sp³-hybridized carbons (Fsp3) is 0.667. The summed E-state index contributed by atoms with van der Waals surface area (Å²) in [5.41, 5.74) is 1.19. The van der Waals surface area contributed by atoms with E-state index in [1.165, 1.54) is 25.0 Å². The smallest absolute Gasteiger partial charge is 0.110 e. The first kappa shape index (κ1) is 11.2. The van der Waals surface area contributed by atoms with Gasteiger partial charge in [-0.05, 0) is 12.8 Å². The van der Waals surface area contributed by atoms with Crippen molar-refractivity contribution in [3.05, 3.63) is 11.8 Å². The van der Waals surface area contributed by atoms with Crippen LogP contribution in [-0.2, 0) is 0 Å². The Morgan fingerprint density at radius 2 is 2.25 bits per heavy atom. The van der Waals surface area contributed by atoms with Crippen molar-refractivity contribution in [2.45, 2.75) is 32.6 Å². The zero-order valence-corrected chi connectivity index (χ0v) is 9.97. The Kier molecular flexibility index (Phi) is 3.97. The Morgan fingerprint density at radius 3 is 3.00 bits per heavy atom. The highest BCUT2D eigenvalue weighted by atomic mass is 15.6. The monoisotopic (exact) mass is 220 g/mol. The van der Waals surface area contributed by atoms with Crippen molar-refractivity contribution in [2.24, 2.45) is 9.98 Å². The predicted molar refractivity (Wildman–Crippen MR) is 67.5 cm³/mol. The zero-order chi connectivity index (χ0) is 11.2.